The number of pyridine rings is 1. The summed E-state index contributed by atoms with van der Waals surface area (Å²) in [5.74, 6) is -0.422. The number of nitrogens with zero attached hydrogens (tertiary/aromatic N) is 1. The van der Waals surface area contributed by atoms with Gasteiger partial charge in [-0.1, -0.05) is 0 Å². The molecule has 0 aromatic carbocycles. The first kappa shape index (κ1) is 14.1. The van der Waals surface area contributed by atoms with Crippen LogP contribution in [0, 0.1) is 0 Å². The van der Waals surface area contributed by atoms with Crippen LogP contribution in [0.3, 0.4) is 0 Å². The normalized spacial score (nSPS) is 11.5. The number of rotatable bonds is 5. The second-order valence-corrected chi connectivity index (χ2v) is 4.25. The zero-order chi connectivity index (χ0) is 12.9. The second kappa shape index (κ2) is 6.11. The smallest absolute Gasteiger partial charge is 0.364 e. The van der Waals surface area contributed by atoms with Crippen LogP contribution in [-0.2, 0) is 16.0 Å². The maximum absolute atomic E-state index is 11.7. The van der Waals surface area contributed by atoms with E-state index in [0.29, 0.717) is 10.0 Å². The number of carbonyl (C=O) groups excluding carboxylic acids is 1. The highest BCUT2D eigenvalue weighted by Gasteiger charge is 2.27. The Bertz CT molecular complexity index is 395. The van der Waals surface area contributed by atoms with Crippen molar-refractivity contribution >= 4 is 21.7 Å². The average Bonchev–Trinajstić information content (AvgIpc) is 2.15. The quantitative estimate of drug-likeness (QED) is 0.839. The molecule has 0 bridgehead atoms. The van der Waals surface area contributed by atoms with E-state index < -0.39 is 25.2 Å². The zero-order valence-electron chi connectivity index (χ0n) is 8.63. The molecule has 94 valence electrons. The predicted octanol–water partition coefficient (Wildman–Crippen LogP) is 2.53. The van der Waals surface area contributed by atoms with E-state index >= 15 is 0 Å². The van der Waals surface area contributed by atoms with Crippen molar-refractivity contribution in [1.29, 1.82) is 0 Å². The summed E-state index contributed by atoms with van der Waals surface area (Å²) in [4.78, 5) is 15.1. The number of carbonyl (C=O) groups is 1. The van der Waals surface area contributed by atoms with Crippen LogP contribution in [0.4, 0.5) is 13.2 Å². The maximum atomic E-state index is 11.7. The van der Waals surface area contributed by atoms with Gasteiger partial charge in [-0.15, -0.1) is 0 Å². The Balaban J connectivity index is 2.35. The molecule has 1 aromatic rings. The fourth-order valence-electron chi connectivity index (χ4n) is 1.11. The Morgan fingerprint density at radius 3 is 2.71 bits per heavy atom. The minimum atomic E-state index is -4.41. The molecule has 0 atom stereocenters. The molecule has 0 aliphatic carbocycles. The number of alkyl halides is 3. The maximum Gasteiger partial charge on any atom is 0.411 e. The van der Waals surface area contributed by atoms with Crippen LogP contribution in [0.1, 0.15) is 5.56 Å². The van der Waals surface area contributed by atoms with Gasteiger partial charge in [0.25, 0.3) is 0 Å². The van der Waals surface area contributed by atoms with Crippen LogP contribution in [0.5, 0.6) is 0 Å². The summed E-state index contributed by atoms with van der Waals surface area (Å²) in [5, 5.41) is 0. The van der Waals surface area contributed by atoms with E-state index in [1.165, 1.54) is 6.20 Å². The Hall–Kier alpha value is -0.950. The summed E-state index contributed by atoms with van der Waals surface area (Å²) >= 11 is 3.18. The topological polar surface area (TPSA) is 39.2 Å². The Kier molecular flexibility index (Phi) is 5.07. The van der Waals surface area contributed by atoms with E-state index in [1.54, 1.807) is 12.3 Å². The van der Waals surface area contributed by atoms with Crippen LogP contribution in [0.2, 0.25) is 0 Å². The highest BCUT2D eigenvalue weighted by molar-refractivity contribution is 9.10. The summed E-state index contributed by atoms with van der Waals surface area (Å²) < 4.78 is 40.2. The number of hydrogen-bond acceptors (Lipinski definition) is 3. The minimum Gasteiger partial charge on any atom is -0.364 e. The van der Waals surface area contributed by atoms with Gasteiger partial charge >= 0.3 is 6.18 Å². The second-order valence-electron chi connectivity index (χ2n) is 3.33. The number of ether oxygens (including phenoxy) is 1. The molecule has 1 rings (SSSR count). The van der Waals surface area contributed by atoms with E-state index in [4.69, 9.17) is 0 Å². The third-order valence-corrected chi connectivity index (χ3v) is 2.13. The average molecular weight is 312 g/mol. The van der Waals surface area contributed by atoms with E-state index in [2.05, 4.69) is 25.7 Å². The summed E-state index contributed by atoms with van der Waals surface area (Å²) in [7, 11) is 0. The third kappa shape index (κ3) is 6.38. The van der Waals surface area contributed by atoms with Crippen molar-refractivity contribution in [2.45, 2.75) is 12.6 Å². The molecular weight excluding hydrogens is 303 g/mol. The van der Waals surface area contributed by atoms with Gasteiger partial charge < -0.3 is 4.74 Å². The molecule has 0 aliphatic heterocycles. The van der Waals surface area contributed by atoms with Crippen molar-refractivity contribution in [1.82, 2.24) is 4.98 Å². The molecule has 0 aliphatic rings. The molecule has 17 heavy (non-hydrogen) atoms. The molecule has 0 spiro atoms. The molecule has 0 saturated heterocycles. The number of ketones is 1. The zero-order valence-corrected chi connectivity index (χ0v) is 10.2. The van der Waals surface area contributed by atoms with Gasteiger partial charge in [0.2, 0.25) is 0 Å². The highest BCUT2D eigenvalue weighted by Crippen LogP contribution is 2.14. The molecule has 0 unspecified atom stereocenters. The van der Waals surface area contributed by atoms with E-state index in [-0.39, 0.29) is 6.42 Å². The van der Waals surface area contributed by atoms with Crippen molar-refractivity contribution in [2.24, 2.45) is 0 Å². The number of aromatic nitrogens is 1. The lowest BCUT2D eigenvalue weighted by atomic mass is 10.1. The van der Waals surface area contributed by atoms with Gasteiger partial charge in [0.15, 0.2) is 5.78 Å². The van der Waals surface area contributed by atoms with Crippen LogP contribution in [0.15, 0.2) is 22.9 Å². The van der Waals surface area contributed by atoms with Gasteiger partial charge in [0.05, 0.1) is 0 Å². The van der Waals surface area contributed by atoms with E-state index in [0.717, 1.165) is 0 Å². The largest absolute Gasteiger partial charge is 0.411 e. The first-order valence-electron chi connectivity index (χ1n) is 4.62. The minimum absolute atomic E-state index is 0.00426. The molecule has 1 heterocycles. The number of Topliss-reactive ketones (excluding diaryl/α,β-unsaturated/α-hetero) is 1. The molecule has 0 radical (unpaired) electrons. The molecule has 0 saturated carbocycles. The van der Waals surface area contributed by atoms with Gasteiger partial charge in [-0.3, -0.25) is 9.78 Å². The third-order valence-electron chi connectivity index (χ3n) is 1.69. The Morgan fingerprint density at radius 1 is 1.41 bits per heavy atom. The van der Waals surface area contributed by atoms with E-state index in [1.807, 2.05) is 0 Å². The van der Waals surface area contributed by atoms with Crippen LogP contribution < -0.4 is 0 Å². The highest BCUT2D eigenvalue weighted by atomic mass is 79.9. The van der Waals surface area contributed by atoms with Gasteiger partial charge in [0.1, 0.15) is 13.2 Å². The number of hydrogen-bond donors (Lipinski definition) is 0. The Morgan fingerprint density at radius 2 is 2.12 bits per heavy atom. The summed E-state index contributed by atoms with van der Waals surface area (Å²) in [5.41, 5.74) is 0.625. The van der Waals surface area contributed by atoms with Crippen molar-refractivity contribution in [3.05, 3.63) is 28.5 Å². The van der Waals surface area contributed by atoms with Gasteiger partial charge in [0, 0.05) is 23.3 Å². The first-order valence-corrected chi connectivity index (χ1v) is 5.42. The first-order chi connectivity index (χ1) is 7.87. The van der Waals surface area contributed by atoms with Crippen molar-refractivity contribution in [3.8, 4) is 0 Å². The van der Waals surface area contributed by atoms with Crippen molar-refractivity contribution in [3.63, 3.8) is 0 Å². The number of halogens is 4. The summed E-state index contributed by atoms with van der Waals surface area (Å²) in [6.07, 6.45) is -1.37. The molecule has 3 nitrogen and oxygen atoms in total. The molecule has 1 aromatic heterocycles. The lowest BCUT2D eigenvalue weighted by molar-refractivity contribution is -0.175. The van der Waals surface area contributed by atoms with Gasteiger partial charge in [-0.2, -0.15) is 13.2 Å². The van der Waals surface area contributed by atoms with Crippen LogP contribution in [-0.4, -0.2) is 30.2 Å². The molecule has 0 N–H and O–H groups in total. The van der Waals surface area contributed by atoms with Crippen molar-refractivity contribution < 1.29 is 22.7 Å². The fraction of sp³-hybridized carbons (Fsp3) is 0.400. The van der Waals surface area contributed by atoms with Gasteiger partial charge in [-0.25, -0.2) is 0 Å². The Labute approximate surface area is 104 Å². The van der Waals surface area contributed by atoms with Crippen molar-refractivity contribution in [2.75, 3.05) is 13.2 Å². The molecule has 7 heteroatoms. The lowest BCUT2D eigenvalue weighted by Gasteiger charge is -2.06. The molecular formula is C10H9BrF3NO2. The van der Waals surface area contributed by atoms with Crippen LogP contribution >= 0.6 is 15.9 Å². The molecule has 0 amide bonds. The predicted molar refractivity (Wildman–Crippen MR) is 57.5 cm³/mol. The van der Waals surface area contributed by atoms with Gasteiger partial charge in [-0.05, 0) is 27.6 Å². The molecule has 0 fully saturated rings. The summed E-state index contributed by atoms with van der Waals surface area (Å²) in [6.45, 7) is -1.96. The summed E-state index contributed by atoms with van der Waals surface area (Å²) in [6, 6.07) is 1.68. The fourth-order valence-corrected chi connectivity index (χ4v) is 1.52. The van der Waals surface area contributed by atoms with E-state index in [9.17, 15) is 18.0 Å². The van der Waals surface area contributed by atoms with Crippen LogP contribution in [0.25, 0.3) is 0 Å². The SMILES string of the molecule is O=C(COCC(F)(F)F)Cc1cncc(Br)c1. The lowest BCUT2D eigenvalue weighted by Crippen LogP contribution is -2.21. The monoisotopic (exact) mass is 311 g/mol. The standard InChI is InChI=1S/C10H9BrF3NO2/c11-8-1-7(3-15-4-8)2-9(16)5-17-6-10(12,13)14/h1,3-4H,2,5-6H2.